The lowest BCUT2D eigenvalue weighted by Gasteiger charge is -2.05. The van der Waals surface area contributed by atoms with Gasteiger partial charge in [-0.25, -0.2) is 0 Å². The van der Waals surface area contributed by atoms with Gasteiger partial charge in [-0.05, 0) is 36.4 Å². The minimum atomic E-state index is 0.476. The Morgan fingerprint density at radius 2 is 2.05 bits per heavy atom. The van der Waals surface area contributed by atoms with Crippen LogP contribution in [0.25, 0.3) is 10.9 Å². The Bertz CT molecular complexity index is 721. The number of nitrogens with two attached hydrogens (primary N) is 1. The first-order valence-electron chi connectivity index (χ1n) is 5.96. The molecule has 0 fully saturated rings. The van der Waals surface area contributed by atoms with Crippen LogP contribution in [0, 0.1) is 0 Å². The van der Waals surface area contributed by atoms with Crippen LogP contribution >= 0.6 is 11.6 Å². The molecule has 0 aliphatic heterocycles. The molecular weight excluding hydrogens is 260 g/mol. The highest BCUT2D eigenvalue weighted by atomic mass is 35.5. The quantitative estimate of drug-likeness (QED) is 0.709. The molecule has 0 spiro atoms. The Balaban J connectivity index is 1.84. The van der Waals surface area contributed by atoms with Crippen molar-refractivity contribution in [2.75, 3.05) is 5.73 Å². The molecule has 1 heterocycles. The second-order valence-corrected chi connectivity index (χ2v) is 4.80. The Labute approximate surface area is 116 Å². The third-order valence-electron chi connectivity index (χ3n) is 2.98. The first-order valence-corrected chi connectivity index (χ1v) is 6.34. The zero-order valence-corrected chi connectivity index (χ0v) is 10.9. The fraction of sp³-hybridized carbons (Fsp3) is 0.0667. The van der Waals surface area contributed by atoms with E-state index in [0.717, 1.165) is 27.9 Å². The number of nitrogen functional groups attached to an aromatic ring is 1. The highest BCUT2D eigenvalue weighted by Gasteiger charge is 2.05. The summed E-state index contributed by atoms with van der Waals surface area (Å²) in [5, 5.41) is 1.75. The number of anilines is 1. The van der Waals surface area contributed by atoms with Gasteiger partial charge >= 0.3 is 0 Å². The monoisotopic (exact) mass is 272 g/mol. The number of hydrogen-bond acceptors (Lipinski definition) is 2. The minimum absolute atomic E-state index is 0.476. The van der Waals surface area contributed by atoms with Crippen LogP contribution in [-0.4, -0.2) is 4.98 Å². The lowest BCUT2D eigenvalue weighted by molar-refractivity contribution is 0.307. The van der Waals surface area contributed by atoms with Gasteiger partial charge in [0.2, 0.25) is 0 Å². The molecule has 1 aromatic heterocycles. The summed E-state index contributed by atoms with van der Waals surface area (Å²) in [7, 11) is 0. The number of ether oxygens (including phenoxy) is 1. The zero-order chi connectivity index (χ0) is 13.2. The van der Waals surface area contributed by atoms with Crippen molar-refractivity contribution in [1.82, 2.24) is 4.98 Å². The number of hydrogen-bond donors (Lipinski definition) is 2. The molecule has 0 aliphatic carbocycles. The van der Waals surface area contributed by atoms with E-state index in [2.05, 4.69) is 4.98 Å². The molecule has 0 bridgehead atoms. The van der Waals surface area contributed by atoms with Crippen LogP contribution in [0.15, 0.2) is 48.7 Å². The van der Waals surface area contributed by atoms with Gasteiger partial charge in [-0.2, -0.15) is 0 Å². The summed E-state index contributed by atoms with van der Waals surface area (Å²) in [5.41, 5.74) is 8.68. The molecule has 0 atom stereocenters. The van der Waals surface area contributed by atoms with E-state index in [9.17, 15) is 0 Å². The van der Waals surface area contributed by atoms with Crippen molar-refractivity contribution >= 4 is 28.2 Å². The van der Waals surface area contributed by atoms with E-state index < -0.39 is 0 Å². The van der Waals surface area contributed by atoms with Crippen molar-refractivity contribution in [1.29, 1.82) is 0 Å². The predicted octanol–water partition coefficient (Wildman–Crippen LogP) is 3.98. The number of fused-ring (bicyclic) bond motifs is 1. The van der Waals surface area contributed by atoms with Gasteiger partial charge in [0.25, 0.3) is 0 Å². The van der Waals surface area contributed by atoms with E-state index >= 15 is 0 Å². The maximum absolute atomic E-state index is 5.92. The first-order chi connectivity index (χ1) is 9.22. The van der Waals surface area contributed by atoms with E-state index in [1.165, 1.54) is 0 Å². The van der Waals surface area contributed by atoms with E-state index in [0.29, 0.717) is 11.6 Å². The standard InChI is InChI=1S/C15H13ClN2O/c16-11-2-1-3-13(6-11)19-9-10-8-18-15-5-4-12(17)7-14(10)15/h1-8,18H,9,17H2. The fourth-order valence-corrected chi connectivity index (χ4v) is 2.21. The van der Waals surface area contributed by atoms with Gasteiger partial charge in [-0.15, -0.1) is 0 Å². The van der Waals surface area contributed by atoms with Crippen molar-refractivity contribution in [3.63, 3.8) is 0 Å². The van der Waals surface area contributed by atoms with Gasteiger partial charge in [0.05, 0.1) is 0 Å². The smallest absolute Gasteiger partial charge is 0.121 e. The van der Waals surface area contributed by atoms with Crippen molar-refractivity contribution in [2.24, 2.45) is 0 Å². The van der Waals surface area contributed by atoms with Crippen molar-refractivity contribution in [3.05, 3.63) is 59.2 Å². The minimum Gasteiger partial charge on any atom is -0.489 e. The lowest BCUT2D eigenvalue weighted by atomic mass is 10.1. The summed E-state index contributed by atoms with van der Waals surface area (Å²) in [4.78, 5) is 3.20. The molecule has 0 unspecified atom stereocenters. The van der Waals surface area contributed by atoms with Gasteiger partial charge in [0, 0.05) is 33.4 Å². The summed E-state index contributed by atoms with van der Waals surface area (Å²) in [5.74, 6) is 0.755. The third-order valence-corrected chi connectivity index (χ3v) is 3.22. The molecule has 0 saturated heterocycles. The Morgan fingerprint density at radius 1 is 1.16 bits per heavy atom. The molecule has 0 amide bonds. The molecule has 3 rings (SSSR count). The molecular formula is C15H13ClN2O. The van der Waals surface area contributed by atoms with Crippen LogP contribution in [0.3, 0.4) is 0 Å². The van der Waals surface area contributed by atoms with E-state index in [-0.39, 0.29) is 0 Å². The van der Waals surface area contributed by atoms with Gasteiger partial charge in [0.1, 0.15) is 12.4 Å². The molecule has 19 heavy (non-hydrogen) atoms. The highest BCUT2D eigenvalue weighted by molar-refractivity contribution is 6.30. The largest absolute Gasteiger partial charge is 0.489 e. The van der Waals surface area contributed by atoms with Gasteiger partial charge in [-0.3, -0.25) is 0 Å². The Hall–Kier alpha value is -2.13. The molecule has 0 saturated carbocycles. The summed E-state index contributed by atoms with van der Waals surface area (Å²) in [6, 6.07) is 13.2. The van der Waals surface area contributed by atoms with E-state index in [1.54, 1.807) is 6.07 Å². The molecule has 3 nitrogen and oxygen atoms in total. The summed E-state index contributed by atoms with van der Waals surface area (Å²) >= 11 is 5.92. The first kappa shape index (κ1) is 11.9. The van der Waals surface area contributed by atoms with Gasteiger partial charge in [-0.1, -0.05) is 17.7 Å². The Kier molecular flexibility index (Phi) is 3.05. The topological polar surface area (TPSA) is 51.0 Å². The lowest BCUT2D eigenvalue weighted by Crippen LogP contribution is -1.94. The number of aromatic amines is 1. The molecule has 4 heteroatoms. The summed E-state index contributed by atoms with van der Waals surface area (Å²) in [6.07, 6.45) is 1.94. The van der Waals surface area contributed by atoms with Gasteiger partial charge < -0.3 is 15.5 Å². The average Bonchev–Trinajstić information content (AvgIpc) is 2.79. The number of rotatable bonds is 3. The maximum Gasteiger partial charge on any atom is 0.121 e. The average molecular weight is 273 g/mol. The van der Waals surface area contributed by atoms with Crippen molar-refractivity contribution in [2.45, 2.75) is 6.61 Å². The van der Waals surface area contributed by atoms with Crippen LogP contribution < -0.4 is 10.5 Å². The van der Waals surface area contributed by atoms with E-state index in [4.69, 9.17) is 22.1 Å². The SMILES string of the molecule is Nc1ccc2[nH]cc(COc3cccc(Cl)c3)c2c1. The highest BCUT2D eigenvalue weighted by Crippen LogP contribution is 2.23. The number of halogens is 1. The Morgan fingerprint density at radius 3 is 2.89 bits per heavy atom. The van der Waals surface area contributed by atoms with Crippen LogP contribution in [0.1, 0.15) is 5.56 Å². The predicted molar refractivity (Wildman–Crippen MR) is 78.5 cm³/mol. The number of aromatic nitrogens is 1. The molecule has 0 aliphatic rings. The van der Waals surface area contributed by atoms with Crippen LogP contribution in [0.4, 0.5) is 5.69 Å². The summed E-state index contributed by atoms with van der Waals surface area (Å²) < 4.78 is 5.73. The van der Waals surface area contributed by atoms with Crippen molar-refractivity contribution in [3.8, 4) is 5.75 Å². The second kappa shape index (κ2) is 4.86. The third kappa shape index (κ3) is 2.51. The van der Waals surface area contributed by atoms with E-state index in [1.807, 2.05) is 42.6 Å². The van der Waals surface area contributed by atoms with Crippen molar-refractivity contribution < 1.29 is 4.74 Å². The zero-order valence-electron chi connectivity index (χ0n) is 10.2. The number of nitrogens with one attached hydrogen (secondary N) is 1. The molecule has 96 valence electrons. The molecule has 3 N–H and O–H groups in total. The van der Waals surface area contributed by atoms with Crippen LogP contribution in [-0.2, 0) is 6.61 Å². The normalized spacial score (nSPS) is 10.8. The molecule has 0 radical (unpaired) electrons. The summed E-state index contributed by atoms with van der Waals surface area (Å²) in [6.45, 7) is 0.476. The van der Waals surface area contributed by atoms with Crippen LogP contribution in [0.5, 0.6) is 5.75 Å². The van der Waals surface area contributed by atoms with Gasteiger partial charge in [0.15, 0.2) is 0 Å². The number of H-pyrrole nitrogens is 1. The van der Waals surface area contributed by atoms with Crippen LogP contribution in [0.2, 0.25) is 5.02 Å². The molecule has 2 aromatic carbocycles. The fourth-order valence-electron chi connectivity index (χ4n) is 2.03. The number of benzene rings is 2. The molecule has 3 aromatic rings. The second-order valence-electron chi connectivity index (χ2n) is 4.36. The maximum atomic E-state index is 5.92.